The van der Waals surface area contributed by atoms with Gasteiger partial charge < -0.3 is 10.6 Å². The summed E-state index contributed by atoms with van der Waals surface area (Å²) in [6.07, 6.45) is 0. The number of carbonyl (C=O) groups is 2. The van der Waals surface area contributed by atoms with Crippen molar-refractivity contribution in [2.45, 2.75) is 54.6 Å². The largest absolute Gasteiger partial charge is 0.352 e. The van der Waals surface area contributed by atoms with Crippen LogP contribution in [0, 0.1) is 25.7 Å². The second-order valence-corrected chi connectivity index (χ2v) is 10.6. The summed E-state index contributed by atoms with van der Waals surface area (Å²) >= 11 is 0. The maximum Gasteiger partial charge on any atom is 0.352 e. The minimum atomic E-state index is -0.571. The Morgan fingerprint density at radius 2 is 1.71 bits per heavy atom. The zero-order valence-electron chi connectivity index (χ0n) is 22.7. The molecule has 4 rings (SSSR count). The van der Waals surface area contributed by atoms with E-state index in [0.717, 1.165) is 15.8 Å². The van der Waals surface area contributed by atoms with Crippen molar-refractivity contribution in [1.82, 2.24) is 24.1 Å². The predicted molar refractivity (Wildman–Crippen MR) is 148 cm³/mol. The molecule has 200 valence electrons. The molecule has 10 nitrogen and oxygen atoms in total. The minimum Gasteiger partial charge on any atom is -0.352 e. The number of fused-ring (bicyclic) bond motifs is 3. The van der Waals surface area contributed by atoms with Crippen LogP contribution in [-0.2, 0) is 17.9 Å². The molecule has 10 heteroatoms. The molecule has 0 fully saturated rings. The van der Waals surface area contributed by atoms with Crippen LogP contribution in [0.1, 0.15) is 49.2 Å². The molecule has 0 saturated heterocycles. The van der Waals surface area contributed by atoms with Crippen LogP contribution in [0.5, 0.6) is 0 Å². The van der Waals surface area contributed by atoms with Crippen LogP contribution in [0.15, 0.2) is 46.0 Å². The summed E-state index contributed by atoms with van der Waals surface area (Å²) < 4.78 is 3.81. The third-order valence-electron chi connectivity index (χ3n) is 6.21. The average Bonchev–Trinajstić information content (AvgIpc) is 3.17. The Hall–Kier alpha value is -4.21. The second-order valence-electron chi connectivity index (χ2n) is 10.6. The van der Waals surface area contributed by atoms with Gasteiger partial charge in [-0.25, -0.2) is 13.9 Å². The van der Waals surface area contributed by atoms with Crippen molar-refractivity contribution >= 4 is 34.2 Å². The lowest BCUT2D eigenvalue weighted by Gasteiger charge is -2.13. The topological polar surface area (TPSA) is 120 Å². The number of anilines is 1. The highest BCUT2D eigenvalue weighted by Crippen LogP contribution is 2.17. The quantitative estimate of drug-likeness (QED) is 0.372. The predicted octanol–water partition coefficient (Wildman–Crippen LogP) is 3.11. The van der Waals surface area contributed by atoms with Gasteiger partial charge in [-0.2, -0.15) is 0 Å². The van der Waals surface area contributed by atoms with Crippen LogP contribution in [-0.4, -0.2) is 37.1 Å². The third-order valence-corrected chi connectivity index (χ3v) is 6.21. The summed E-state index contributed by atoms with van der Waals surface area (Å²) in [5.74, 6) is -0.222. The molecule has 2 aromatic heterocycles. The molecule has 0 radical (unpaired) electrons. The first-order valence-electron chi connectivity index (χ1n) is 12.8. The van der Waals surface area contributed by atoms with E-state index in [0.29, 0.717) is 29.7 Å². The van der Waals surface area contributed by atoms with Crippen molar-refractivity contribution in [2.75, 3.05) is 11.9 Å². The van der Waals surface area contributed by atoms with Gasteiger partial charge in [-0.05, 0) is 55.5 Å². The van der Waals surface area contributed by atoms with E-state index in [2.05, 4.69) is 15.7 Å². The van der Waals surface area contributed by atoms with Crippen molar-refractivity contribution in [1.29, 1.82) is 0 Å². The number of aryl methyl sites for hydroxylation is 2. The Labute approximate surface area is 220 Å². The lowest BCUT2D eigenvalue weighted by Crippen LogP contribution is -2.30. The van der Waals surface area contributed by atoms with Crippen molar-refractivity contribution in [3.05, 3.63) is 73.9 Å². The number of rotatable bonds is 8. The first kappa shape index (κ1) is 26.8. The van der Waals surface area contributed by atoms with E-state index in [1.165, 1.54) is 15.0 Å². The molecule has 2 heterocycles. The molecule has 2 amide bonds. The molecule has 38 heavy (non-hydrogen) atoms. The van der Waals surface area contributed by atoms with Gasteiger partial charge in [0.1, 0.15) is 6.54 Å². The molecule has 4 aromatic rings. The molecular formula is C28H34N6O4. The van der Waals surface area contributed by atoms with Gasteiger partial charge >= 0.3 is 5.69 Å². The summed E-state index contributed by atoms with van der Waals surface area (Å²) in [4.78, 5) is 52.6. The Bertz CT molecular complexity index is 1660. The second kappa shape index (κ2) is 10.6. The molecule has 0 unspecified atom stereocenters. The first-order valence-corrected chi connectivity index (χ1v) is 12.8. The van der Waals surface area contributed by atoms with E-state index in [-0.39, 0.29) is 41.1 Å². The third kappa shape index (κ3) is 5.39. The van der Waals surface area contributed by atoms with Gasteiger partial charge in [0.05, 0.1) is 10.9 Å². The minimum absolute atomic E-state index is 0.100. The van der Waals surface area contributed by atoms with Crippen LogP contribution < -0.4 is 21.9 Å². The summed E-state index contributed by atoms with van der Waals surface area (Å²) in [5.41, 5.74) is 2.34. The molecule has 0 saturated carbocycles. The number of benzene rings is 2. The Balaban J connectivity index is 1.82. The molecule has 0 spiro atoms. The van der Waals surface area contributed by atoms with Crippen molar-refractivity contribution in [3.63, 3.8) is 0 Å². The summed E-state index contributed by atoms with van der Waals surface area (Å²) in [7, 11) is 0. The fraction of sp³-hybridized carbons (Fsp3) is 0.393. The number of amides is 2. The molecule has 0 aliphatic heterocycles. The highest BCUT2D eigenvalue weighted by Gasteiger charge is 2.21. The van der Waals surface area contributed by atoms with E-state index in [1.54, 1.807) is 12.1 Å². The Kier molecular flexibility index (Phi) is 7.52. The molecule has 2 aromatic carbocycles. The summed E-state index contributed by atoms with van der Waals surface area (Å²) in [6.45, 7) is 12.3. The number of hydrogen-bond donors (Lipinski definition) is 2. The van der Waals surface area contributed by atoms with E-state index < -0.39 is 11.6 Å². The molecule has 0 atom stereocenters. The molecule has 0 aliphatic carbocycles. The lowest BCUT2D eigenvalue weighted by atomic mass is 10.1. The van der Waals surface area contributed by atoms with Crippen molar-refractivity contribution in [2.24, 2.45) is 11.8 Å². The number of carbonyl (C=O) groups excluding carboxylic acids is 2. The van der Waals surface area contributed by atoms with E-state index in [4.69, 9.17) is 0 Å². The monoisotopic (exact) mass is 518 g/mol. The number of aromatic nitrogens is 4. The van der Waals surface area contributed by atoms with Gasteiger partial charge in [0.25, 0.3) is 11.5 Å². The van der Waals surface area contributed by atoms with Gasteiger partial charge in [-0.15, -0.1) is 5.10 Å². The van der Waals surface area contributed by atoms with Crippen molar-refractivity contribution < 1.29 is 9.59 Å². The van der Waals surface area contributed by atoms with Gasteiger partial charge in [0.2, 0.25) is 11.7 Å². The number of nitrogens with zero attached hydrogens (tertiary/aromatic N) is 4. The fourth-order valence-corrected chi connectivity index (χ4v) is 4.37. The smallest absolute Gasteiger partial charge is 0.352 e. The first-order chi connectivity index (χ1) is 18.0. The van der Waals surface area contributed by atoms with Gasteiger partial charge in [0, 0.05) is 24.3 Å². The standard InChI is InChI=1S/C28H34N6O4/c1-16(2)13-29-25(36)20-8-9-21-23(12-20)34-27(32(26(21)37)14-17(3)4)31-33(28(34)38)15-24(35)30-22-10-7-18(5)11-19(22)6/h7-12,16-17H,13-15H2,1-6H3,(H,29,36)(H,30,35). The SMILES string of the molecule is Cc1ccc(NC(=O)Cn2nc3n(CC(C)C)c(=O)c4ccc(C(=O)NCC(C)C)cc4n3c2=O)c(C)c1. The van der Waals surface area contributed by atoms with Crippen LogP contribution in [0.25, 0.3) is 16.7 Å². The van der Waals surface area contributed by atoms with Gasteiger partial charge in [-0.3, -0.25) is 19.0 Å². The average molecular weight is 519 g/mol. The maximum absolute atomic E-state index is 13.6. The molecule has 0 bridgehead atoms. The van der Waals surface area contributed by atoms with E-state index >= 15 is 0 Å². The van der Waals surface area contributed by atoms with Crippen LogP contribution in [0.4, 0.5) is 5.69 Å². The van der Waals surface area contributed by atoms with Crippen LogP contribution in [0.3, 0.4) is 0 Å². The van der Waals surface area contributed by atoms with Crippen molar-refractivity contribution in [3.8, 4) is 0 Å². The van der Waals surface area contributed by atoms with Crippen LogP contribution >= 0.6 is 0 Å². The normalized spacial score (nSPS) is 11.6. The Morgan fingerprint density at radius 1 is 0.974 bits per heavy atom. The fourth-order valence-electron chi connectivity index (χ4n) is 4.37. The zero-order chi connectivity index (χ0) is 27.7. The van der Waals surface area contributed by atoms with Gasteiger partial charge in [0.15, 0.2) is 0 Å². The Morgan fingerprint density at radius 3 is 2.37 bits per heavy atom. The highest BCUT2D eigenvalue weighted by molar-refractivity contribution is 5.98. The van der Waals surface area contributed by atoms with E-state index in [1.807, 2.05) is 59.7 Å². The number of hydrogen-bond acceptors (Lipinski definition) is 5. The van der Waals surface area contributed by atoms with Crippen LogP contribution in [0.2, 0.25) is 0 Å². The molecule has 2 N–H and O–H groups in total. The van der Waals surface area contributed by atoms with E-state index in [9.17, 15) is 19.2 Å². The lowest BCUT2D eigenvalue weighted by molar-refractivity contribution is -0.117. The maximum atomic E-state index is 13.6. The zero-order valence-corrected chi connectivity index (χ0v) is 22.7. The number of nitrogens with one attached hydrogen (secondary N) is 2. The molecular weight excluding hydrogens is 484 g/mol. The molecule has 0 aliphatic rings. The summed E-state index contributed by atoms with van der Waals surface area (Å²) in [5, 5.41) is 10.4. The van der Waals surface area contributed by atoms with Gasteiger partial charge in [-0.1, -0.05) is 45.4 Å². The summed E-state index contributed by atoms with van der Waals surface area (Å²) in [6, 6.07) is 10.3. The highest BCUT2D eigenvalue weighted by atomic mass is 16.2.